The van der Waals surface area contributed by atoms with Crippen LogP contribution >= 0.6 is 25.8 Å². The molecule has 21 heteroatoms. The number of thiol groups is 1. The van der Waals surface area contributed by atoms with Gasteiger partial charge in [0.25, 0.3) is 5.56 Å². The predicted molar refractivity (Wildman–Crippen MR) is 170 cm³/mol. The van der Waals surface area contributed by atoms with Gasteiger partial charge < -0.3 is 38.4 Å². The van der Waals surface area contributed by atoms with Crippen molar-refractivity contribution >= 4 is 54.7 Å². The number of H-pyrrole nitrogens is 1. The molecule has 0 radical (unpaired) electrons. The summed E-state index contributed by atoms with van der Waals surface area (Å²) in [7, 11) is 0. The maximum atomic E-state index is 13.5. The van der Waals surface area contributed by atoms with Gasteiger partial charge in [0, 0.05) is 24.2 Å². The zero-order valence-electron chi connectivity index (χ0n) is 25.0. The lowest BCUT2D eigenvalue weighted by Crippen LogP contribution is -2.35. The molecule has 1 saturated carbocycles. The number of nitrogens with zero attached hydrogens (tertiary/aromatic N) is 5. The second-order valence-corrected chi connectivity index (χ2v) is 17.9. The standard InChI is InChI=1S/C25H35N7O10P2S2/c1-25(2,3)31-24-29-21-18(22(34)30-24)28-12-32(21)23-20-19(33)16(40-23)10-38-44(36,46)41-15-9-14(39-17-4-6-26-11-27-17)8-13(15)5-7-37-43(35,45)42-20/h4,6,11-16,19-20,23,33H,5,7-10H2,1-3H3,(H,35,45)(H,36,46)(H2,29,30,31,34)/t13-,14+,15-,16+,19+,20+,23+,43?,44?/m0/s1. The van der Waals surface area contributed by atoms with Crippen LogP contribution in [0, 0.1) is 5.92 Å². The minimum absolute atomic E-state index is 0.00000718. The van der Waals surface area contributed by atoms with Crippen LogP contribution in [0.2, 0.25) is 0 Å². The van der Waals surface area contributed by atoms with Gasteiger partial charge in [-0.1, -0.05) is 12.2 Å². The summed E-state index contributed by atoms with van der Waals surface area (Å²) < 4.78 is 50.0. The molecule has 9 atom stereocenters. The van der Waals surface area contributed by atoms with Gasteiger partial charge in [0.2, 0.25) is 11.8 Å². The number of imidazole rings is 1. The first-order valence-corrected chi connectivity index (χ1v) is 19.8. The number of hydrogen-bond donors (Lipinski definition) is 5. The average molecular weight is 720 g/mol. The van der Waals surface area contributed by atoms with E-state index >= 15 is 0 Å². The summed E-state index contributed by atoms with van der Waals surface area (Å²) in [6, 6.07) is 1.63. The molecule has 6 rings (SSSR count). The molecule has 252 valence electrons. The summed E-state index contributed by atoms with van der Waals surface area (Å²) in [4.78, 5) is 43.2. The van der Waals surface area contributed by atoms with E-state index in [1.807, 2.05) is 20.8 Å². The van der Waals surface area contributed by atoms with Crippen molar-refractivity contribution in [1.29, 1.82) is 0 Å². The van der Waals surface area contributed by atoms with Crippen LogP contribution in [0.5, 0.6) is 5.88 Å². The fourth-order valence-electron chi connectivity index (χ4n) is 5.68. The van der Waals surface area contributed by atoms with E-state index in [2.05, 4.69) is 42.5 Å². The summed E-state index contributed by atoms with van der Waals surface area (Å²) in [5.41, 5.74) is -0.836. The van der Waals surface area contributed by atoms with E-state index in [1.54, 1.807) is 12.3 Å². The molecule has 5 heterocycles. The predicted octanol–water partition coefficient (Wildman–Crippen LogP) is 2.70. The number of aliphatic hydroxyl groups excluding tert-OH is 1. The minimum Gasteiger partial charge on any atom is -0.474 e. The van der Waals surface area contributed by atoms with Crippen molar-refractivity contribution in [3.05, 3.63) is 35.3 Å². The highest BCUT2D eigenvalue weighted by Crippen LogP contribution is 2.58. The first kappa shape index (κ1) is 33.9. The summed E-state index contributed by atoms with van der Waals surface area (Å²) in [5.74, 6) is 0.348. The Morgan fingerprint density at radius 3 is 2.76 bits per heavy atom. The number of anilines is 1. The van der Waals surface area contributed by atoms with Gasteiger partial charge in [-0.25, -0.2) is 19.5 Å². The molecule has 3 aliphatic rings. The molecule has 1 aliphatic carbocycles. The summed E-state index contributed by atoms with van der Waals surface area (Å²) >= 11 is 9.53. The van der Waals surface area contributed by atoms with E-state index in [0.717, 1.165) is 0 Å². The van der Waals surface area contributed by atoms with E-state index in [4.69, 9.17) is 39.4 Å². The van der Waals surface area contributed by atoms with Crippen LogP contribution in [0.15, 0.2) is 29.7 Å². The Kier molecular flexibility index (Phi) is 9.66. The summed E-state index contributed by atoms with van der Waals surface area (Å²) in [6.45, 7) is -2.73. The van der Waals surface area contributed by atoms with Crippen molar-refractivity contribution < 1.29 is 42.1 Å². The van der Waals surface area contributed by atoms with Gasteiger partial charge in [0.05, 0.1) is 25.6 Å². The highest BCUT2D eigenvalue weighted by Gasteiger charge is 2.50. The van der Waals surface area contributed by atoms with Crippen LogP contribution in [0.1, 0.15) is 46.3 Å². The molecule has 3 aromatic heterocycles. The topological polar surface area (TPSA) is 214 Å². The molecule has 2 bridgehead atoms. The number of hydrogen-bond acceptors (Lipinski definition) is 15. The third-order valence-corrected chi connectivity index (χ3v) is 10.8. The lowest BCUT2D eigenvalue weighted by molar-refractivity contribution is -0.0481. The average Bonchev–Trinajstić information content (AvgIpc) is 3.62. The van der Waals surface area contributed by atoms with Crippen LogP contribution in [0.25, 0.3) is 11.2 Å². The number of aliphatic hydroxyl groups is 1. The normalized spacial score (nSPS) is 35.8. The van der Waals surface area contributed by atoms with Gasteiger partial charge >= 0.3 is 13.5 Å². The summed E-state index contributed by atoms with van der Waals surface area (Å²) in [6.07, 6.45) is -0.646. The first-order valence-electron chi connectivity index (χ1n) is 14.5. The molecule has 0 spiro atoms. The smallest absolute Gasteiger partial charge is 0.386 e. The first-order chi connectivity index (χ1) is 21.7. The van der Waals surface area contributed by atoms with Gasteiger partial charge in [-0.3, -0.25) is 18.9 Å². The van der Waals surface area contributed by atoms with E-state index < -0.39 is 61.9 Å². The van der Waals surface area contributed by atoms with Crippen molar-refractivity contribution in [2.75, 3.05) is 18.5 Å². The SMILES string of the molecule is CC(C)(C)Nc1nc2c(ncn2[C@@H]2O[C@@H]3COP(O)(=S)O[C@H]4C[C@H](Oc5ccncn5)C[C@@H]4CCOP(=O)(S)O[C@@H]2[C@@H]3O)c(=O)[nH]1. The molecule has 0 amide bonds. The quantitative estimate of drug-likeness (QED) is 0.194. The maximum absolute atomic E-state index is 13.5. The van der Waals surface area contributed by atoms with Crippen molar-refractivity contribution in [3.8, 4) is 5.88 Å². The number of rotatable bonds is 4. The van der Waals surface area contributed by atoms with Crippen LogP contribution in [-0.4, -0.2) is 88.8 Å². The van der Waals surface area contributed by atoms with Crippen LogP contribution < -0.4 is 15.6 Å². The van der Waals surface area contributed by atoms with Crippen LogP contribution in [0.4, 0.5) is 5.95 Å². The number of nitrogens with one attached hydrogen (secondary N) is 2. The van der Waals surface area contributed by atoms with Gasteiger partial charge in [-0.15, -0.1) is 0 Å². The summed E-state index contributed by atoms with van der Waals surface area (Å²) in [5, 5.41) is 14.4. The fraction of sp³-hybridized carbons (Fsp3) is 0.640. The molecule has 17 nitrogen and oxygen atoms in total. The second kappa shape index (κ2) is 13.1. The van der Waals surface area contributed by atoms with Crippen molar-refractivity contribution in [1.82, 2.24) is 29.5 Å². The molecular formula is C25H35N7O10P2S2. The molecule has 2 saturated heterocycles. The van der Waals surface area contributed by atoms with E-state index in [0.29, 0.717) is 25.1 Å². The monoisotopic (exact) mass is 719 g/mol. The van der Waals surface area contributed by atoms with Gasteiger partial charge in [-0.05, 0) is 51.3 Å². The zero-order valence-corrected chi connectivity index (χ0v) is 28.5. The molecule has 2 aliphatic heterocycles. The molecule has 0 aromatic carbocycles. The Bertz CT molecular complexity index is 1710. The van der Waals surface area contributed by atoms with Gasteiger partial charge in [0.15, 0.2) is 17.4 Å². The van der Waals surface area contributed by atoms with Gasteiger partial charge in [-0.2, -0.15) is 4.98 Å². The highest BCUT2D eigenvalue weighted by molar-refractivity contribution is 8.44. The largest absolute Gasteiger partial charge is 0.474 e. The number of fused-ring (bicyclic) bond motifs is 4. The number of aromatic amines is 1. The van der Waals surface area contributed by atoms with E-state index in [-0.39, 0.29) is 35.7 Å². The lowest BCUT2D eigenvalue weighted by atomic mass is 10.0. The van der Waals surface area contributed by atoms with E-state index in [1.165, 1.54) is 17.2 Å². The lowest BCUT2D eigenvalue weighted by Gasteiger charge is -2.27. The molecule has 3 aromatic rings. The molecular weight excluding hydrogens is 684 g/mol. The Balaban J connectivity index is 1.26. The van der Waals surface area contributed by atoms with Crippen LogP contribution in [0.3, 0.4) is 0 Å². The Morgan fingerprint density at radius 1 is 1.22 bits per heavy atom. The number of aromatic nitrogens is 6. The highest BCUT2D eigenvalue weighted by atomic mass is 32.7. The molecule has 2 unspecified atom stereocenters. The Morgan fingerprint density at radius 2 is 2.02 bits per heavy atom. The van der Waals surface area contributed by atoms with E-state index in [9.17, 15) is 19.4 Å². The number of ether oxygens (including phenoxy) is 2. The Labute approximate surface area is 273 Å². The van der Waals surface area contributed by atoms with Crippen LogP contribution in [-0.2, 0) is 39.2 Å². The molecule has 46 heavy (non-hydrogen) atoms. The zero-order chi connectivity index (χ0) is 32.9. The van der Waals surface area contributed by atoms with Crippen molar-refractivity contribution in [3.63, 3.8) is 0 Å². The maximum Gasteiger partial charge on any atom is 0.386 e. The minimum atomic E-state index is -4.10. The van der Waals surface area contributed by atoms with Crippen molar-refractivity contribution in [2.24, 2.45) is 5.92 Å². The Hall–Kier alpha value is -2.02. The molecule has 3 fully saturated rings. The van der Waals surface area contributed by atoms with Gasteiger partial charge in [0.1, 0.15) is 30.7 Å². The second-order valence-electron chi connectivity index (χ2n) is 12.3. The fourth-order valence-corrected chi connectivity index (χ4v) is 8.69. The third kappa shape index (κ3) is 7.81. The third-order valence-electron chi connectivity index (χ3n) is 7.61. The van der Waals surface area contributed by atoms with Crippen molar-refractivity contribution in [2.45, 2.75) is 82.3 Å². The molecule has 4 N–H and O–H groups in total.